The fourth-order valence-corrected chi connectivity index (χ4v) is 3.75. The molecule has 0 unspecified atom stereocenters. The van der Waals surface area contributed by atoms with Crippen molar-refractivity contribution in [1.29, 1.82) is 0 Å². The van der Waals surface area contributed by atoms with Gasteiger partial charge in [0.25, 0.3) is 11.6 Å². The van der Waals surface area contributed by atoms with Gasteiger partial charge in [-0.3, -0.25) is 14.9 Å². The van der Waals surface area contributed by atoms with Gasteiger partial charge in [-0.1, -0.05) is 11.6 Å². The second-order valence-electron chi connectivity index (χ2n) is 7.26. The van der Waals surface area contributed by atoms with Crippen molar-refractivity contribution in [2.45, 2.75) is 6.42 Å². The summed E-state index contributed by atoms with van der Waals surface area (Å²) in [7, 11) is 0. The fraction of sp³-hybridized carbons (Fsp3) is 0.238. The van der Waals surface area contributed by atoms with Crippen LogP contribution in [0.15, 0.2) is 48.7 Å². The van der Waals surface area contributed by atoms with Gasteiger partial charge in [0.05, 0.1) is 10.5 Å². The third-order valence-electron chi connectivity index (χ3n) is 5.27. The number of anilines is 1. The summed E-state index contributed by atoms with van der Waals surface area (Å²) < 4.78 is 0. The van der Waals surface area contributed by atoms with Crippen LogP contribution >= 0.6 is 11.6 Å². The summed E-state index contributed by atoms with van der Waals surface area (Å²) in [4.78, 5) is 42.7. The highest BCUT2D eigenvalue weighted by Crippen LogP contribution is 2.25. The minimum atomic E-state index is -0.482. The Labute approximate surface area is 182 Å². The van der Waals surface area contributed by atoms with Crippen LogP contribution in [0.5, 0.6) is 0 Å². The first-order chi connectivity index (χ1) is 14.9. The molecule has 10 heteroatoms. The molecule has 2 aromatic carbocycles. The number of hydrogen-bond acceptors (Lipinski definition) is 4. The molecule has 1 saturated heterocycles. The highest BCUT2D eigenvalue weighted by atomic mass is 35.5. The summed E-state index contributed by atoms with van der Waals surface area (Å²) in [5.74, 6) is -0.216. The lowest BCUT2D eigenvalue weighted by atomic mass is 10.1. The molecule has 1 aliphatic rings. The molecule has 3 amide bonds. The Kier molecular flexibility index (Phi) is 5.77. The van der Waals surface area contributed by atoms with E-state index in [-0.39, 0.29) is 17.6 Å². The number of nitro groups is 1. The molecule has 9 nitrogen and oxygen atoms in total. The molecule has 2 heterocycles. The van der Waals surface area contributed by atoms with Crippen molar-refractivity contribution in [3.05, 3.63) is 69.4 Å². The van der Waals surface area contributed by atoms with Crippen molar-refractivity contribution in [1.82, 2.24) is 14.8 Å². The highest BCUT2D eigenvalue weighted by molar-refractivity contribution is 6.30. The first-order valence-corrected chi connectivity index (χ1v) is 10.2. The van der Waals surface area contributed by atoms with E-state index in [4.69, 9.17) is 11.6 Å². The molecule has 4 rings (SSSR count). The summed E-state index contributed by atoms with van der Waals surface area (Å²) >= 11 is 5.87. The number of H-pyrrole nitrogens is 1. The van der Waals surface area contributed by atoms with E-state index in [0.29, 0.717) is 59.8 Å². The molecule has 3 aromatic rings. The third-order valence-corrected chi connectivity index (χ3v) is 5.52. The number of non-ortho nitro benzene ring substituents is 1. The molecule has 2 N–H and O–H groups in total. The van der Waals surface area contributed by atoms with Crippen LogP contribution in [0.4, 0.5) is 16.2 Å². The number of benzene rings is 2. The molecule has 1 aliphatic heterocycles. The van der Waals surface area contributed by atoms with Crippen molar-refractivity contribution < 1.29 is 14.5 Å². The topological polar surface area (TPSA) is 112 Å². The van der Waals surface area contributed by atoms with E-state index in [0.717, 1.165) is 0 Å². The first kappa shape index (κ1) is 20.7. The predicted molar refractivity (Wildman–Crippen MR) is 118 cm³/mol. The van der Waals surface area contributed by atoms with Crippen LogP contribution in [0.2, 0.25) is 5.02 Å². The highest BCUT2D eigenvalue weighted by Gasteiger charge is 2.25. The normalized spacial score (nSPS) is 14.4. The van der Waals surface area contributed by atoms with Gasteiger partial charge in [-0.25, -0.2) is 4.79 Å². The van der Waals surface area contributed by atoms with Gasteiger partial charge in [0.1, 0.15) is 0 Å². The average molecular weight is 442 g/mol. The number of carbonyl (C=O) groups excluding carboxylic acids is 2. The largest absolute Gasteiger partial charge is 0.360 e. The molecule has 0 aliphatic carbocycles. The fourth-order valence-electron chi connectivity index (χ4n) is 3.63. The summed E-state index contributed by atoms with van der Waals surface area (Å²) in [6.07, 6.45) is 2.20. The van der Waals surface area contributed by atoms with E-state index in [1.165, 1.54) is 12.1 Å². The number of nitrogens with zero attached hydrogens (tertiary/aromatic N) is 3. The number of amides is 3. The van der Waals surface area contributed by atoms with Gasteiger partial charge in [-0.2, -0.15) is 0 Å². The van der Waals surface area contributed by atoms with E-state index in [1.807, 2.05) is 0 Å². The van der Waals surface area contributed by atoms with Crippen molar-refractivity contribution in [2.24, 2.45) is 0 Å². The predicted octanol–water partition coefficient (Wildman–Crippen LogP) is 4.11. The van der Waals surface area contributed by atoms with Crippen LogP contribution in [0.1, 0.15) is 16.8 Å². The summed E-state index contributed by atoms with van der Waals surface area (Å²) in [6, 6.07) is 11.0. The maximum absolute atomic E-state index is 13.1. The number of rotatable bonds is 3. The third kappa shape index (κ3) is 4.46. The number of carbonyl (C=O) groups is 2. The second kappa shape index (κ2) is 8.65. The summed E-state index contributed by atoms with van der Waals surface area (Å²) in [6.45, 7) is 1.76. The molecule has 0 saturated carbocycles. The number of nitro benzene ring substituents is 1. The van der Waals surface area contributed by atoms with Gasteiger partial charge < -0.3 is 20.1 Å². The molecule has 0 radical (unpaired) electrons. The Morgan fingerprint density at radius 3 is 2.48 bits per heavy atom. The molecular formula is C21H20ClN5O4. The van der Waals surface area contributed by atoms with E-state index in [2.05, 4.69) is 10.3 Å². The summed E-state index contributed by atoms with van der Waals surface area (Å²) in [5.41, 5.74) is 1.62. The Hall–Kier alpha value is -3.59. The van der Waals surface area contributed by atoms with Gasteiger partial charge >= 0.3 is 6.03 Å². The lowest BCUT2D eigenvalue weighted by Crippen LogP contribution is -2.39. The van der Waals surface area contributed by atoms with Gasteiger partial charge in [0.2, 0.25) is 0 Å². The quantitative estimate of drug-likeness (QED) is 0.470. The number of nitrogens with one attached hydrogen (secondary N) is 2. The second-order valence-corrected chi connectivity index (χ2v) is 7.70. The van der Waals surface area contributed by atoms with Crippen molar-refractivity contribution >= 4 is 45.8 Å². The van der Waals surface area contributed by atoms with Crippen molar-refractivity contribution in [2.75, 3.05) is 31.5 Å². The SMILES string of the molecule is O=C(Nc1ccc(Cl)cc1)N1CCCN(C(=O)c2c[nH]c3ccc([N+](=O)[O-])cc23)CC1. The lowest BCUT2D eigenvalue weighted by molar-refractivity contribution is -0.384. The molecular weight excluding hydrogens is 422 g/mol. The van der Waals surface area contributed by atoms with E-state index >= 15 is 0 Å². The van der Waals surface area contributed by atoms with Gasteiger partial charge in [0, 0.05) is 66.1 Å². The van der Waals surface area contributed by atoms with E-state index in [1.54, 1.807) is 46.3 Å². The number of fused-ring (bicyclic) bond motifs is 1. The van der Waals surface area contributed by atoms with Crippen LogP contribution in [-0.2, 0) is 0 Å². The van der Waals surface area contributed by atoms with Crippen LogP contribution in [0, 0.1) is 10.1 Å². The van der Waals surface area contributed by atoms with Crippen LogP contribution < -0.4 is 5.32 Å². The Morgan fingerprint density at radius 2 is 1.74 bits per heavy atom. The molecule has 1 fully saturated rings. The van der Waals surface area contributed by atoms with Crippen molar-refractivity contribution in [3.8, 4) is 0 Å². The molecule has 0 bridgehead atoms. The number of urea groups is 1. The number of aromatic nitrogens is 1. The maximum atomic E-state index is 13.1. The zero-order chi connectivity index (χ0) is 22.0. The minimum Gasteiger partial charge on any atom is -0.360 e. The molecule has 31 heavy (non-hydrogen) atoms. The van der Waals surface area contributed by atoms with Crippen LogP contribution in [-0.4, -0.2) is 57.8 Å². The van der Waals surface area contributed by atoms with Crippen LogP contribution in [0.25, 0.3) is 10.9 Å². The first-order valence-electron chi connectivity index (χ1n) is 9.78. The molecule has 1 aromatic heterocycles. The zero-order valence-corrected chi connectivity index (χ0v) is 17.3. The molecule has 0 atom stereocenters. The Bertz CT molecular complexity index is 1140. The number of hydrogen-bond donors (Lipinski definition) is 2. The lowest BCUT2D eigenvalue weighted by Gasteiger charge is -2.22. The van der Waals surface area contributed by atoms with E-state index < -0.39 is 4.92 Å². The Balaban J connectivity index is 1.45. The molecule has 0 spiro atoms. The Morgan fingerprint density at radius 1 is 1.03 bits per heavy atom. The number of aromatic amines is 1. The molecule has 160 valence electrons. The summed E-state index contributed by atoms with van der Waals surface area (Å²) in [5, 5.41) is 15.0. The van der Waals surface area contributed by atoms with E-state index in [9.17, 15) is 19.7 Å². The zero-order valence-electron chi connectivity index (χ0n) is 16.5. The van der Waals surface area contributed by atoms with Gasteiger partial charge in [-0.05, 0) is 36.8 Å². The van der Waals surface area contributed by atoms with Gasteiger partial charge in [-0.15, -0.1) is 0 Å². The standard InChI is InChI=1S/C21H20ClN5O4/c22-14-2-4-15(5-3-14)24-21(29)26-9-1-8-25(10-11-26)20(28)18-13-23-19-7-6-16(27(30)31)12-17(18)19/h2-7,12-13,23H,1,8-11H2,(H,24,29). The monoisotopic (exact) mass is 441 g/mol. The smallest absolute Gasteiger partial charge is 0.321 e. The minimum absolute atomic E-state index is 0.0675. The van der Waals surface area contributed by atoms with Gasteiger partial charge in [0.15, 0.2) is 0 Å². The number of halogens is 1. The average Bonchev–Trinajstić information content (AvgIpc) is 3.02. The van der Waals surface area contributed by atoms with Crippen molar-refractivity contribution in [3.63, 3.8) is 0 Å². The maximum Gasteiger partial charge on any atom is 0.321 e. The van der Waals surface area contributed by atoms with Crippen LogP contribution in [0.3, 0.4) is 0 Å².